The van der Waals surface area contributed by atoms with Crippen molar-refractivity contribution in [2.75, 3.05) is 0 Å². The van der Waals surface area contributed by atoms with Crippen molar-refractivity contribution in [3.05, 3.63) is 35.9 Å². The van der Waals surface area contributed by atoms with Crippen LogP contribution in [-0.4, -0.2) is 5.11 Å². The van der Waals surface area contributed by atoms with Crippen molar-refractivity contribution >= 4 is 0 Å². The van der Waals surface area contributed by atoms with E-state index in [2.05, 4.69) is 13.8 Å². The van der Waals surface area contributed by atoms with Gasteiger partial charge in [-0.2, -0.15) is 0 Å². The molecule has 0 unspecified atom stereocenters. The first-order valence-electron chi connectivity index (χ1n) is 4.48. The van der Waals surface area contributed by atoms with Crippen molar-refractivity contribution in [1.82, 2.24) is 0 Å². The van der Waals surface area contributed by atoms with Gasteiger partial charge in [0.1, 0.15) is 0 Å². The van der Waals surface area contributed by atoms with E-state index in [0.717, 1.165) is 12.0 Å². The fraction of sp³-hybridized carbons (Fsp3) is 0.455. The first-order valence-corrected chi connectivity index (χ1v) is 4.48. The molecule has 0 spiro atoms. The van der Waals surface area contributed by atoms with Crippen LogP contribution in [0.2, 0.25) is 0 Å². The predicted octanol–water partition coefficient (Wildman–Crippen LogP) is 2.77. The number of aliphatic hydroxyl groups excluding tert-OH is 1. The molecule has 0 aliphatic carbocycles. The van der Waals surface area contributed by atoms with Crippen LogP contribution in [0.5, 0.6) is 0 Å². The van der Waals surface area contributed by atoms with Crippen LogP contribution in [-0.2, 0) is 0 Å². The third-order valence-corrected chi connectivity index (χ3v) is 2.32. The van der Waals surface area contributed by atoms with Crippen LogP contribution in [0, 0.1) is 5.92 Å². The lowest BCUT2D eigenvalue weighted by atomic mass is 9.95. The van der Waals surface area contributed by atoms with Crippen LogP contribution < -0.4 is 0 Å². The third-order valence-electron chi connectivity index (χ3n) is 2.32. The molecule has 1 aromatic carbocycles. The monoisotopic (exact) mass is 164 g/mol. The first kappa shape index (κ1) is 9.27. The maximum absolute atomic E-state index is 9.79. The zero-order chi connectivity index (χ0) is 8.97. The van der Waals surface area contributed by atoms with E-state index in [-0.39, 0.29) is 6.10 Å². The average molecular weight is 164 g/mol. The molecule has 1 aromatic rings. The molecule has 66 valence electrons. The summed E-state index contributed by atoms with van der Waals surface area (Å²) in [6, 6.07) is 9.82. The minimum absolute atomic E-state index is 0.309. The highest BCUT2D eigenvalue weighted by molar-refractivity contribution is 5.17. The van der Waals surface area contributed by atoms with Gasteiger partial charge in [-0.3, -0.25) is 0 Å². The van der Waals surface area contributed by atoms with Crippen molar-refractivity contribution < 1.29 is 5.11 Å². The lowest BCUT2D eigenvalue weighted by Gasteiger charge is -2.16. The van der Waals surface area contributed by atoms with Crippen molar-refractivity contribution in [2.24, 2.45) is 5.92 Å². The topological polar surface area (TPSA) is 20.2 Å². The zero-order valence-corrected chi connectivity index (χ0v) is 7.70. The molecule has 1 rings (SSSR count). The van der Waals surface area contributed by atoms with Gasteiger partial charge in [-0.1, -0.05) is 50.6 Å². The average Bonchev–Trinajstić information content (AvgIpc) is 2.17. The van der Waals surface area contributed by atoms with Gasteiger partial charge >= 0.3 is 0 Å². The van der Waals surface area contributed by atoms with E-state index in [1.165, 1.54) is 0 Å². The molecule has 1 nitrogen and oxygen atoms in total. The Bertz CT molecular complexity index is 218. The number of rotatable bonds is 3. The van der Waals surface area contributed by atoms with Gasteiger partial charge in [0.15, 0.2) is 0 Å². The van der Waals surface area contributed by atoms with Gasteiger partial charge in [0.2, 0.25) is 0 Å². The Balaban J connectivity index is 2.71. The second-order valence-electron chi connectivity index (χ2n) is 3.24. The van der Waals surface area contributed by atoms with Crippen LogP contribution in [0.25, 0.3) is 0 Å². The van der Waals surface area contributed by atoms with E-state index in [1.807, 2.05) is 30.3 Å². The molecule has 0 amide bonds. The van der Waals surface area contributed by atoms with Crippen LogP contribution in [0.4, 0.5) is 0 Å². The molecule has 0 aliphatic heterocycles. The number of hydrogen-bond donors (Lipinski definition) is 1. The molecular formula is C11H16O. The molecular weight excluding hydrogens is 148 g/mol. The highest BCUT2D eigenvalue weighted by atomic mass is 16.3. The molecule has 0 aromatic heterocycles. The van der Waals surface area contributed by atoms with Gasteiger partial charge in [-0.05, 0) is 11.5 Å². The minimum atomic E-state index is -0.309. The van der Waals surface area contributed by atoms with Crippen molar-refractivity contribution in [3.63, 3.8) is 0 Å². The molecule has 0 bridgehead atoms. The van der Waals surface area contributed by atoms with Crippen LogP contribution in [0.1, 0.15) is 31.9 Å². The van der Waals surface area contributed by atoms with Crippen LogP contribution in [0.15, 0.2) is 30.3 Å². The van der Waals surface area contributed by atoms with E-state index >= 15 is 0 Å². The summed E-state index contributed by atoms with van der Waals surface area (Å²) in [5.41, 5.74) is 1.02. The van der Waals surface area contributed by atoms with Gasteiger partial charge in [0.05, 0.1) is 6.10 Å². The Hall–Kier alpha value is -0.820. The smallest absolute Gasteiger partial charge is 0.0815 e. The van der Waals surface area contributed by atoms with Crippen molar-refractivity contribution in [2.45, 2.75) is 26.4 Å². The second-order valence-corrected chi connectivity index (χ2v) is 3.24. The Labute approximate surface area is 74.1 Å². The quantitative estimate of drug-likeness (QED) is 0.728. The molecule has 0 saturated heterocycles. The third kappa shape index (κ3) is 2.08. The fourth-order valence-corrected chi connectivity index (χ4v) is 1.20. The number of benzene rings is 1. The minimum Gasteiger partial charge on any atom is -0.388 e. The number of aliphatic hydroxyl groups is 1. The molecule has 0 fully saturated rings. The van der Waals surface area contributed by atoms with Gasteiger partial charge in [-0.15, -0.1) is 0 Å². The van der Waals surface area contributed by atoms with Crippen LogP contribution >= 0.6 is 0 Å². The normalized spacial score (nSPS) is 15.6. The van der Waals surface area contributed by atoms with Crippen LogP contribution in [0.3, 0.4) is 0 Å². The van der Waals surface area contributed by atoms with E-state index in [9.17, 15) is 5.11 Å². The molecule has 12 heavy (non-hydrogen) atoms. The van der Waals surface area contributed by atoms with Crippen molar-refractivity contribution in [1.29, 1.82) is 0 Å². The summed E-state index contributed by atoms with van der Waals surface area (Å²) in [4.78, 5) is 0. The Kier molecular flexibility index (Phi) is 3.30. The standard InChI is InChI=1S/C11H16O/c1-3-9(2)11(12)10-7-5-4-6-8-10/h4-9,11-12H,3H2,1-2H3/t9-,11+/m1/s1. The van der Waals surface area contributed by atoms with E-state index in [4.69, 9.17) is 0 Å². The summed E-state index contributed by atoms with van der Waals surface area (Å²) in [5.74, 6) is 0.340. The largest absolute Gasteiger partial charge is 0.388 e. The van der Waals surface area contributed by atoms with E-state index in [0.29, 0.717) is 5.92 Å². The predicted molar refractivity (Wildman–Crippen MR) is 50.9 cm³/mol. The summed E-state index contributed by atoms with van der Waals surface area (Å²) in [5, 5.41) is 9.79. The van der Waals surface area contributed by atoms with Gasteiger partial charge < -0.3 is 5.11 Å². The van der Waals surface area contributed by atoms with Crippen molar-refractivity contribution in [3.8, 4) is 0 Å². The maximum atomic E-state index is 9.79. The lowest BCUT2D eigenvalue weighted by molar-refractivity contribution is 0.115. The summed E-state index contributed by atoms with van der Waals surface area (Å²) in [7, 11) is 0. The molecule has 0 saturated carbocycles. The molecule has 0 radical (unpaired) electrons. The fourth-order valence-electron chi connectivity index (χ4n) is 1.20. The van der Waals surface area contributed by atoms with Gasteiger partial charge in [0.25, 0.3) is 0 Å². The Morgan fingerprint density at radius 1 is 1.25 bits per heavy atom. The number of hydrogen-bond acceptors (Lipinski definition) is 1. The summed E-state index contributed by atoms with van der Waals surface area (Å²) >= 11 is 0. The molecule has 2 atom stereocenters. The SMILES string of the molecule is CC[C@@H](C)[C@H](O)c1ccccc1. The highest BCUT2D eigenvalue weighted by Crippen LogP contribution is 2.23. The second kappa shape index (κ2) is 4.27. The van der Waals surface area contributed by atoms with E-state index < -0.39 is 0 Å². The lowest BCUT2D eigenvalue weighted by Crippen LogP contribution is -2.07. The molecule has 0 heterocycles. The van der Waals surface area contributed by atoms with Gasteiger partial charge in [0, 0.05) is 0 Å². The highest BCUT2D eigenvalue weighted by Gasteiger charge is 2.13. The Morgan fingerprint density at radius 3 is 2.33 bits per heavy atom. The summed E-state index contributed by atoms with van der Waals surface area (Å²) < 4.78 is 0. The molecule has 1 heteroatoms. The Morgan fingerprint density at radius 2 is 1.83 bits per heavy atom. The summed E-state index contributed by atoms with van der Waals surface area (Å²) in [6.45, 7) is 4.16. The maximum Gasteiger partial charge on any atom is 0.0815 e. The first-order chi connectivity index (χ1) is 5.75. The van der Waals surface area contributed by atoms with Gasteiger partial charge in [-0.25, -0.2) is 0 Å². The molecule has 1 N–H and O–H groups in total. The van der Waals surface area contributed by atoms with E-state index in [1.54, 1.807) is 0 Å². The molecule has 0 aliphatic rings. The summed E-state index contributed by atoms with van der Waals surface area (Å²) in [6.07, 6.45) is 0.701. The zero-order valence-electron chi connectivity index (χ0n) is 7.70.